The van der Waals surface area contributed by atoms with Crippen LogP contribution in [0, 0.1) is 5.92 Å². The third-order valence-electron chi connectivity index (χ3n) is 4.82. The van der Waals surface area contributed by atoms with Gasteiger partial charge in [-0.25, -0.2) is 0 Å². The van der Waals surface area contributed by atoms with Gasteiger partial charge < -0.3 is 16.0 Å². The minimum Gasteiger partial charge on any atom is -0.357 e. The fourth-order valence-corrected chi connectivity index (χ4v) is 3.28. The van der Waals surface area contributed by atoms with Gasteiger partial charge in [-0.2, -0.15) is 0 Å². The lowest BCUT2D eigenvalue weighted by molar-refractivity contribution is -0.129. The Morgan fingerprint density at radius 1 is 1.15 bits per heavy atom. The molecule has 0 saturated carbocycles. The zero-order chi connectivity index (χ0) is 18.1. The van der Waals surface area contributed by atoms with Crippen LogP contribution in [0.1, 0.15) is 30.9 Å². The van der Waals surface area contributed by atoms with Crippen molar-refractivity contribution in [3.05, 3.63) is 35.9 Å². The van der Waals surface area contributed by atoms with Crippen LogP contribution >= 0.6 is 12.4 Å². The molecule has 2 amide bonds. The Balaban J connectivity index is 0.00000338. The zero-order valence-electron chi connectivity index (χ0n) is 15.7. The summed E-state index contributed by atoms with van der Waals surface area (Å²) in [6.45, 7) is 3.28. The highest BCUT2D eigenvalue weighted by atomic mass is 35.5. The molecule has 0 aromatic heterocycles. The van der Waals surface area contributed by atoms with Crippen molar-refractivity contribution in [1.82, 2.24) is 20.9 Å². The monoisotopic (exact) mass is 382 g/mol. The van der Waals surface area contributed by atoms with Crippen LogP contribution in [0.15, 0.2) is 30.3 Å². The van der Waals surface area contributed by atoms with Gasteiger partial charge in [-0.1, -0.05) is 30.3 Å². The number of nitrogens with one attached hydrogen (secondary N) is 3. The smallest absolute Gasteiger partial charge is 0.246 e. The van der Waals surface area contributed by atoms with E-state index in [9.17, 15) is 9.59 Å². The van der Waals surface area contributed by atoms with Crippen molar-refractivity contribution in [3.8, 4) is 0 Å². The molecule has 26 heavy (non-hydrogen) atoms. The Morgan fingerprint density at radius 3 is 2.38 bits per heavy atom. The molecule has 0 radical (unpaired) electrons. The van der Waals surface area contributed by atoms with Crippen LogP contribution in [0.5, 0.6) is 0 Å². The van der Waals surface area contributed by atoms with E-state index < -0.39 is 6.04 Å². The van der Waals surface area contributed by atoms with Crippen molar-refractivity contribution in [1.29, 1.82) is 0 Å². The van der Waals surface area contributed by atoms with Crippen LogP contribution in [-0.2, 0) is 9.59 Å². The second-order valence-corrected chi connectivity index (χ2v) is 6.64. The number of hydrogen-bond acceptors (Lipinski definition) is 4. The summed E-state index contributed by atoms with van der Waals surface area (Å²) in [7, 11) is 3.56. The van der Waals surface area contributed by atoms with Crippen molar-refractivity contribution < 1.29 is 9.59 Å². The fraction of sp³-hybridized carbons (Fsp3) is 0.579. The molecule has 1 unspecified atom stereocenters. The van der Waals surface area contributed by atoms with Gasteiger partial charge in [-0.15, -0.1) is 12.4 Å². The van der Waals surface area contributed by atoms with Gasteiger partial charge in [-0.3, -0.25) is 14.5 Å². The molecular formula is C19H31ClN4O2. The maximum absolute atomic E-state index is 12.4. The SMILES string of the molecule is CNCCC1CCN(CC(=O)NC(C(=O)NC)c2ccccc2)CC1.Cl. The molecule has 3 N–H and O–H groups in total. The van der Waals surface area contributed by atoms with Gasteiger partial charge in [0.2, 0.25) is 11.8 Å². The first-order valence-electron chi connectivity index (χ1n) is 9.07. The van der Waals surface area contributed by atoms with Crippen LogP contribution < -0.4 is 16.0 Å². The van der Waals surface area contributed by atoms with E-state index in [0.29, 0.717) is 6.54 Å². The molecule has 1 aliphatic rings. The first-order chi connectivity index (χ1) is 12.1. The predicted octanol–water partition coefficient (Wildman–Crippen LogP) is 1.33. The molecule has 1 heterocycles. The first-order valence-corrected chi connectivity index (χ1v) is 9.07. The van der Waals surface area contributed by atoms with E-state index in [-0.39, 0.29) is 24.2 Å². The highest BCUT2D eigenvalue weighted by Gasteiger charge is 2.24. The number of amides is 2. The van der Waals surface area contributed by atoms with Crippen LogP contribution in [0.2, 0.25) is 0 Å². The summed E-state index contributed by atoms with van der Waals surface area (Å²) in [4.78, 5) is 26.7. The lowest BCUT2D eigenvalue weighted by Gasteiger charge is -2.31. The molecule has 146 valence electrons. The summed E-state index contributed by atoms with van der Waals surface area (Å²) in [5.41, 5.74) is 0.793. The highest BCUT2D eigenvalue weighted by Crippen LogP contribution is 2.20. The van der Waals surface area contributed by atoms with Crippen molar-refractivity contribution >= 4 is 24.2 Å². The Morgan fingerprint density at radius 2 is 1.81 bits per heavy atom. The van der Waals surface area contributed by atoms with Gasteiger partial charge >= 0.3 is 0 Å². The molecule has 0 bridgehead atoms. The van der Waals surface area contributed by atoms with E-state index in [1.165, 1.54) is 6.42 Å². The maximum Gasteiger partial charge on any atom is 0.246 e. The molecule has 1 aromatic rings. The number of halogens is 1. The minimum absolute atomic E-state index is 0. The second-order valence-electron chi connectivity index (χ2n) is 6.64. The summed E-state index contributed by atoms with van der Waals surface area (Å²) >= 11 is 0. The minimum atomic E-state index is -0.646. The number of likely N-dealkylation sites (tertiary alicyclic amines) is 1. The topological polar surface area (TPSA) is 73.5 Å². The number of piperidine rings is 1. The lowest BCUT2D eigenvalue weighted by Crippen LogP contribution is -2.45. The summed E-state index contributed by atoms with van der Waals surface area (Å²) in [6.07, 6.45) is 3.46. The molecule has 6 nitrogen and oxygen atoms in total. The predicted molar refractivity (Wildman–Crippen MR) is 106 cm³/mol. The quantitative estimate of drug-likeness (QED) is 0.634. The molecule has 1 aliphatic heterocycles. The van der Waals surface area contributed by atoms with Gasteiger partial charge in [0.1, 0.15) is 6.04 Å². The van der Waals surface area contributed by atoms with Gasteiger partial charge in [0.05, 0.1) is 6.54 Å². The Hall–Kier alpha value is -1.63. The number of benzene rings is 1. The maximum atomic E-state index is 12.4. The number of rotatable bonds is 8. The van der Waals surface area contributed by atoms with E-state index in [1.54, 1.807) is 7.05 Å². The number of carbonyl (C=O) groups is 2. The van der Waals surface area contributed by atoms with Crippen molar-refractivity contribution in [2.24, 2.45) is 5.92 Å². The molecule has 2 rings (SSSR count). The normalized spacial score (nSPS) is 16.4. The Labute approximate surface area is 162 Å². The van der Waals surface area contributed by atoms with Crippen LogP contribution in [0.4, 0.5) is 0 Å². The van der Waals surface area contributed by atoms with Crippen LogP contribution in [0.3, 0.4) is 0 Å². The summed E-state index contributed by atoms with van der Waals surface area (Å²) in [5.74, 6) is 0.436. The van der Waals surface area contributed by atoms with Crippen molar-refractivity contribution in [2.75, 3.05) is 40.3 Å². The van der Waals surface area contributed by atoms with Gasteiger partial charge in [0, 0.05) is 7.05 Å². The Kier molecular flexibility index (Phi) is 10.2. The fourth-order valence-electron chi connectivity index (χ4n) is 3.28. The average molecular weight is 383 g/mol. The van der Waals surface area contributed by atoms with E-state index in [4.69, 9.17) is 0 Å². The third-order valence-corrected chi connectivity index (χ3v) is 4.82. The summed E-state index contributed by atoms with van der Waals surface area (Å²) < 4.78 is 0. The Bertz CT molecular complexity index is 548. The van der Waals surface area contributed by atoms with Crippen LogP contribution in [-0.4, -0.2) is 57.0 Å². The van der Waals surface area contributed by atoms with E-state index in [1.807, 2.05) is 37.4 Å². The first kappa shape index (κ1) is 22.4. The van der Waals surface area contributed by atoms with E-state index in [2.05, 4.69) is 20.9 Å². The zero-order valence-corrected chi connectivity index (χ0v) is 16.5. The van der Waals surface area contributed by atoms with Crippen molar-refractivity contribution in [3.63, 3.8) is 0 Å². The highest BCUT2D eigenvalue weighted by molar-refractivity contribution is 5.89. The number of likely N-dealkylation sites (N-methyl/N-ethyl adjacent to an activating group) is 1. The average Bonchev–Trinajstić information content (AvgIpc) is 2.65. The molecule has 7 heteroatoms. The lowest BCUT2D eigenvalue weighted by atomic mass is 9.93. The molecule has 0 aliphatic carbocycles. The molecule has 1 saturated heterocycles. The molecule has 1 fully saturated rings. The molecular weight excluding hydrogens is 352 g/mol. The van der Waals surface area contributed by atoms with Crippen LogP contribution in [0.25, 0.3) is 0 Å². The molecule has 0 spiro atoms. The number of carbonyl (C=O) groups excluding carboxylic acids is 2. The van der Waals surface area contributed by atoms with Gasteiger partial charge in [0.15, 0.2) is 0 Å². The van der Waals surface area contributed by atoms with E-state index in [0.717, 1.165) is 44.0 Å². The van der Waals surface area contributed by atoms with Crippen molar-refractivity contribution in [2.45, 2.75) is 25.3 Å². The number of nitrogens with zero attached hydrogens (tertiary/aromatic N) is 1. The number of hydrogen-bond donors (Lipinski definition) is 3. The third kappa shape index (κ3) is 6.94. The van der Waals surface area contributed by atoms with E-state index >= 15 is 0 Å². The summed E-state index contributed by atoms with van der Waals surface area (Å²) in [5, 5.41) is 8.69. The standard InChI is InChI=1S/C19H30N4O2.ClH/c1-20-11-8-15-9-12-23(13-10-15)14-17(24)22-18(19(25)21-2)16-6-4-3-5-7-16;/h3-7,15,18,20H,8-14H2,1-2H3,(H,21,25)(H,22,24);1H. The second kappa shape index (κ2) is 11.9. The largest absolute Gasteiger partial charge is 0.357 e. The molecule has 1 atom stereocenters. The van der Waals surface area contributed by atoms with Gasteiger partial charge in [0.25, 0.3) is 0 Å². The van der Waals surface area contributed by atoms with Gasteiger partial charge in [-0.05, 0) is 57.4 Å². The molecule has 1 aromatic carbocycles. The summed E-state index contributed by atoms with van der Waals surface area (Å²) in [6, 6.07) is 8.69.